The van der Waals surface area contributed by atoms with Crippen LogP contribution >= 0.6 is 0 Å². The average Bonchev–Trinajstić information content (AvgIpc) is 2.87. The summed E-state index contributed by atoms with van der Waals surface area (Å²) in [6.45, 7) is 1.90. The molecule has 0 saturated heterocycles. The Bertz CT molecular complexity index is 1180. The van der Waals surface area contributed by atoms with Gasteiger partial charge in [0.25, 0.3) is 0 Å². The topological polar surface area (TPSA) is 83.2 Å². The number of halogens is 1. The second kappa shape index (κ2) is 13.4. The van der Waals surface area contributed by atoms with Gasteiger partial charge in [0.1, 0.15) is 15.8 Å². The molecule has 9 heteroatoms. The van der Waals surface area contributed by atoms with Gasteiger partial charge >= 0.3 is 22.9 Å². The maximum absolute atomic E-state index is 12.7. The van der Waals surface area contributed by atoms with Gasteiger partial charge in [-0.1, -0.05) is 35.9 Å². The van der Waals surface area contributed by atoms with Crippen LogP contribution < -0.4 is 4.74 Å². The zero-order valence-electron chi connectivity index (χ0n) is 17.9. The Morgan fingerprint density at radius 2 is 1.55 bits per heavy atom. The number of ether oxygens (including phenoxy) is 1. The summed E-state index contributed by atoms with van der Waals surface area (Å²) < 4.78 is 43.9. The van der Waals surface area contributed by atoms with E-state index in [0.29, 0.717) is 22.7 Å². The summed E-state index contributed by atoms with van der Waals surface area (Å²) in [5.74, 6) is 0.525. The molecular formula is C24H22FN3O3PdS. The van der Waals surface area contributed by atoms with Crippen molar-refractivity contribution in [2.24, 2.45) is 0 Å². The number of rotatable bonds is 5. The summed E-state index contributed by atoms with van der Waals surface area (Å²) in [4.78, 5) is 8.21. The summed E-state index contributed by atoms with van der Waals surface area (Å²) in [5, 5.41) is 0. The van der Waals surface area contributed by atoms with Crippen LogP contribution in [0.15, 0.2) is 102 Å². The van der Waals surface area contributed by atoms with E-state index in [0.717, 1.165) is 5.56 Å². The van der Waals surface area contributed by atoms with Crippen LogP contribution in [0.4, 0.5) is 8.91 Å². The first kappa shape index (κ1) is 26.1. The molecule has 0 spiro atoms. The number of methoxy groups -OCH3 is 1. The second-order valence-electron chi connectivity index (χ2n) is 6.50. The van der Waals surface area contributed by atoms with Gasteiger partial charge in [-0.3, -0.25) is 9.97 Å². The van der Waals surface area contributed by atoms with Gasteiger partial charge in [0.15, 0.2) is 0 Å². The molecule has 0 N–H and O–H groups in total. The Labute approximate surface area is 205 Å². The van der Waals surface area contributed by atoms with E-state index in [-0.39, 0.29) is 4.90 Å². The van der Waals surface area contributed by atoms with Gasteiger partial charge in [0.05, 0.1) is 17.7 Å². The summed E-state index contributed by atoms with van der Waals surface area (Å²) >= 11 is 1.25. The van der Waals surface area contributed by atoms with Gasteiger partial charge in [0, 0.05) is 18.6 Å². The van der Waals surface area contributed by atoms with E-state index in [1.807, 2.05) is 31.2 Å². The number of pyridine rings is 2. The number of benzene rings is 2. The standard InChI is InChI=1S/C19H17N2O3S.C5H5N.FH.Pd/c1-14-6-9-16(10-7-14)25(22,23)21-19-13-15(24-2)8-11-17(19)18-5-3-4-12-20-18;1-2-4-6-5-3-1;;/h3-13H,1-2H3;1-5H;1H;/q-1;;;+2/p-1. The van der Waals surface area contributed by atoms with Gasteiger partial charge in [-0.2, -0.15) is 0 Å². The minimum Gasteiger partial charge on any atom is -0.265 e. The van der Waals surface area contributed by atoms with Crippen molar-refractivity contribution in [3.63, 3.8) is 0 Å². The minimum atomic E-state index is -3.84. The van der Waals surface area contributed by atoms with Crippen LogP contribution in [-0.2, 0) is 29.7 Å². The van der Waals surface area contributed by atoms with Crippen LogP contribution in [0.2, 0.25) is 0 Å². The molecule has 4 rings (SSSR count). The molecule has 0 aliphatic heterocycles. The van der Waals surface area contributed by atoms with Crippen molar-refractivity contribution in [1.29, 1.82) is 0 Å². The number of nitrogens with zero attached hydrogens (tertiary/aromatic N) is 3. The van der Waals surface area contributed by atoms with Crippen molar-refractivity contribution >= 4 is 15.7 Å². The number of aryl methyl sites for hydroxylation is 1. The van der Waals surface area contributed by atoms with E-state index in [1.54, 1.807) is 73.2 Å². The predicted molar refractivity (Wildman–Crippen MR) is 123 cm³/mol. The average molecular weight is 558 g/mol. The van der Waals surface area contributed by atoms with Crippen molar-refractivity contribution in [3.8, 4) is 17.0 Å². The van der Waals surface area contributed by atoms with E-state index in [4.69, 9.17) is 4.74 Å². The van der Waals surface area contributed by atoms with Gasteiger partial charge in [-0.15, -0.1) is 5.69 Å². The molecule has 33 heavy (non-hydrogen) atoms. The fourth-order valence-electron chi connectivity index (χ4n) is 2.66. The third kappa shape index (κ3) is 8.06. The van der Waals surface area contributed by atoms with Crippen molar-refractivity contribution in [1.82, 2.24) is 9.97 Å². The van der Waals surface area contributed by atoms with E-state index in [2.05, 4.69) is 14.7 Å². The van der Waals surface area contributed by atoms with Crippen molar-refractivity contribution < 1.29 is 36.1 Å². The fourth-order valence-corrected chi connectivity index (χ4v) is 3.65. The normalized spacial score (nSPS) is 10.1. The zero-order valence-corrected chi connectivity index (χ0v) is 20.3. The molecule has 6 nitrogen and oxygen atoms in total. The molecule has 2 aromatic heterocycles. The van der Waals surface area contributed by atoms with Crippen LogP contribution in [0, 0.1) is 6.92 Å². The van der Waals surface area contributed by atoms with Gasteiger partial charge in [-0.25, -0.2) is 8.42 Å². The summed E-state index contributed by atoms with van der Waals surface area (Å²) in [7, 11) is -2.32. The molecule has 2 heterocycles. The molecule has 0 atom stereocenters. The molecule has 0 unspecified atom stereocenters. The molecule has 2 aromatic carbocycles. The Hall–Kier alpha value is -3.12. The van der Waals surface area contributed by atoms with Gasteiger partial charge in [-0.05, 0) is 61.0 Å². The monoisotopic (exact) mass is 557 g/mol. The molecule has 0 amide bonds. The molecule has 0 aliphatic rings. The molecule has 0 radical (unpaired) electrons. The minimum absolute atomic E-state index is 0.146. The van der Waals surface area contributed by atoms with E-state index in [1.165, 1.54) is 26.8 Å². The Morgan fingerprint density at radius 3 is 2.06 bits per heavy atom. The summed E-state index contributed by atoms with van der Waals surface area (Å²) in [5.41, 5.74) is 2.54. The fraction of sp³-hybridized carbons (Fsp3) is 0.0833. The van der Waals surface area contributed by atoms with Crippen molar-refractivity contribution in [2.75, 3.05) is 7.11 Å². The molecule has 174 valence electrons. The largest absolute Gasteiger partial charge is 0.265 e. The predicted octanol–water partition coefficient (Wildman–Crippen LogP) is 5.96. The zero-order chi connectivity index (χ0) is 24.1. The van der Waals surface area contributed by atoms with Crippen LogP contribution in [-0.4, -0.2) is 25.5 Å². The van der Waals surface area contributed by atoms with Crippen molar-refractivity contribution in [3.05, 3.63) is 108 Å². The van der Waals surface area contributed by atoms with Crippen LogP contribution in [0.3, 0.4) is 0 Å². The molecule has 0 bridgehead atoms. The third-order valence-corrected chi connectivity index (χ3v) is 5.55. The van der Waals surface area contributed by atoms with E-state index >= 15 is 0 Å². The molecule has 0 fully saturated rings. The number of hydrogen-bond acceptors (Lipinski definition) is 5. The SMILES string of the molecule is COc1ccc(-c2ccccn2)c([N-]S(=O)(=O)c2ccc(C)cc2)c1.[F][Pd+].c1ccncc1. The van der Waals surface area contributed by atoms with Gasteiger partial charge < -0.3 is 9.46 Å². The maximum Gasteiger partial charge on any atom is 0.0267 e. The Balaban J connectivity index is 0.000000411. The van der Waals surface area contributed by atoms with E-state index in [9.17, 15) is 11.6 Å². The third-order valence-electron chi connectivity index (χ3n) is 4.25. The number of aromatic nitrogens is 2. The van der Waals surface area contributed by atoms with Crippen molar-refractivity contribution in [2.45, 2.75) is 11.8 Å². The van der Waals surface area contributed by atoms with E-state index < -0.39 is 10.0 Å². The molecule has 0 saturated carbocycles. The van der Waals surface area contributed by atoms with Gasteiger partial charge in [0.2, 0.25) is 0 Å². The number of hydrogen-bond donors (Lipinski definition) is 0. The first-order chi connectivity index (χ1) is 16.0. The Kier molecular flexibility index (Phi) is 10.6. The molecule has 4 aromatic rings. The number of sulfonamides is 1. The maximum atomic E-state index is 12.7. The Morgan fingerprint density at radius 1 is 0.879 bits per heavy atom. The van der Waals surface area contributed by atoms with Crippen LogP contribution in [0.25, 0.3) is 16.0 Å². The van der Waals surface area contributed by atoms with Crippen LogP contribution in [0.5, 0.6) is 5.75 Å². The summed E-state index contributed by atoms with van der Waals surface area (Å²) in [6.07, 6.45) is 5.15. The molecular weight excluding hydrogens is 536 g/mol. The second-order valence-corrected chi connectivity index (χ2v) is 8.11. The first-order valence-corrected chi connectivity index (χ1v) is 11.6. The van der Waals surface area contributed by atoms with Crippen LogP contribution in [0.1, 0.15) is 5.56 Å². The first-order valence-electron chi connectivity index (χ1n) is 9.61. The molecule has 0 aliphatic carbocycles. The quantitative estimate of drug-likeness (QED) is 0.283. The summed E-state index contributed by atoms with van der Waals surface area (Å²) in [6, 6.07) is 22.8. The smallest absolute Gasteiger partial charge is 0.0267 e.